The van der Waals surface area contributed by atoms with Gasteiger partial charge in [0.25, 0.3) is 0 Å². The van der Waals surface area contributed by atoms with Gasteiger partial charge < -0.3 is 0 Å². The van der Waals surface area contributed by atoms with E-state index in [0.29, 0.717) is 34.3 Å². The topological polar surface area (TPSA) is 62.5 Å². The van der Waals surface area contributed by atoms with E-state index in [1.54, 1.807) is 36.7 Å². The normalized spacial score (nSPS) is 11.7. The Balaban J connectivity index is 2.11. The number of rotatable bonds is 1. The number of nitrogens with zero attached hydrogens (tertiary/aromatic N) is 4. The second-order valence-electron chi connectivity index (χ2n) is 5.24. The summed E-state index contributed by atoms with van der Waals surface area (Å²) in [6, 6.07) is 8.59. The summed E-state index contributed by atoms with van der Waals surface area (Å²) in [5.41, 5.74) is 1.75. The predicted molar refractivity (Wildman–Crippen MR) is 83.1 cm³/mol. The first-order valence-corrected chi connectivity index (χ1v) is 7.19. The van der Waals surface area contributed by atoms with Crippen molar-refractivity contribution in [1.82, 2.24) is 15.0 Å². The molecule has 4 rings (SSSR count). The molecule has 0 aromatic carbocycles. The number of hydrogen-bond donors (Lipinski definition) is 0. The first-order chi connectivity index (χ1) is 12.1. The molecule has 0 saturated heterocycles. The van der Waals surface area contributed by atoms with Crippen LogP contribution >= 0.6 is 0 Å². The Morgan fingerprint density at radius 2 is 1.48 bits per heavy atom. The third kappa shape index (κ3) is 2.11. The molecule has 0 fully saturated rings. The second kappa shape index (κ2) is 5.53. The molecule has 3 aromatic rings. The fraction of sp³-hybridized carbons (Fsp3) is 0. The molecule has 0 unspecified atom stereocenters. The van der Waals surface area contributed by atoms with Gasteiger partial charge in [0.05, 0.1) is 23.2 Å². The Morgan fingerprint density at radius 1 is 0.880 bits per heavy atom. The Bertz CT molecular complexity index is 1050. The van der Waals surface area contributed by atoms with Crippen molar-refractivity contribution in [3.8, 4) is 17.5 Å². The lowest BCUT2D eigenvalue weighted by atomic mass is 9.97. The van der Waals surface area contributed by atoms with Gasteiger partial charge in [-0.05, 0) is 12.1 Å². The van der Waals surface area contributed by atoms with Crippen molar-refractivity contribution < 1.29 is 13.2 Å². The van der Waals surface area contributed by atoms with E-state index in [1.807, 2.05) is 6.07 Å². The number of nitriles is 1. The molecule has 25 heavy (non-hydrogen) atoms. The largest absolute Gasteiger partial charge is 0.254 e. The third-order valence-corrected chi connectivity index (χ3v) is 3.89. The average molecular weight is 336 g/mol. The molecule has 0 radical (unpaired) electrons. The Kier molecular flexibility index (Phi) is 3.32. The monoisotopic (exact) mass is 336 g/mol. The number of pyridine rings is 3. The average Bonchev–Trinajstić information content (AvgIpc) is 2.97. The molecule has 0 spiro atoms. The molecule has 120 valence electrons. The lowest BCUT2D eigenvalue weighted by molar-refractivity contribution is 0.439. The molecule has 0 N–H and O–H groups in total. The summed E-state index contributed by atoms with van der Waals surface area (Å²) in [5, 5.41) is 9.60. The van der Waals surface area contributed by atoms with Crippen molar-refractivity contribution in [2.24, 2.45) is 0 Å². The van der Waals surface area contributed by atoms with Crippen molar-refractivity contribution in [2.45, 2.75) is 0 Å². The molecular formula is C18H7F3N4. The molecule has 4 nitrogen and oxygen atoms in total. The van der Waals surface area contributed by atoms with Gasteiger partial charge in [-0.25, -0.2) is 18.2 Å². The lowest BCUT2D eigenvalue weighted by Gasteiger charge is -2.08. The van der Waals surface area contributed by atoms with Crippen LogP contribution < -0.4 is 0 Å². The van der Waals surface area contributed by atoms with Gasteiger partial charge in [-0.15, -0.1) is 0 Å². The maximum absolute atomic E-state index is 14.2. The van der Waals surface area contributed by atoms with Crippen molar-refractivity contribution in [2.75, 3.05) is 0 Å². The molecule has 1 aliphatic rings. The number of halogens is 3. The number of allylic oxidation sites excluding steroid dienone is 1. The number of aromatic nitrogens is 3. The van der Waals surface area contributed by atoms with E-state index >= 15 is 0 Å². The summed E-state index contributed by atoms with van der Waals surface area (Å²) in [5.74, 6) is -4.60. The number of fused-ring (bicyclic) bond motifs is 3. The van der Waals surface area contributed by atoms with Crippen LogP contribution in [-0.4, -0.2) is 15.0 Å². The maximum atomic E-state index is 14.2. The van der Waals surface area contributed by atoms with E-state index in [0.717, 1.165) is 0 Å². The van der Waals surface area contributed by atoms with Gasteiger partial charge >= 0.3 is 0 Å². The Hall–Kier alpha value is -3.53. The van der Waals surface area contributed by atoms with Gasteiger partial charge in [0.15, 0.2) is 17.5 Å². The zero-order valence-electron chi connectivity index (χ0n) is 12.5. The van der Waals surface area contributed by atoms with Crippen molar-refractivity contribution in [3.63, 3.8) is 0 Å². The molecule has 0 amide bonds. The van der Waals surface area contributed by atoms with Crippen LogP contribution in [0.2, 0.25) is 0 Å². The summed E-state index contributed by atoms with van der Waals surface area (Å²) in [6.07, 6.45) is 3.69. The molecule has 0 saturated carbocycles. The van der Waals surface area contributed by atoms with Crippen molar-refractivity contribution >= 4 is 11.1 Å². The molecule has 7 heteroatoms. The quantitative estimate of drug-likeness (QED) is 0.497. The molecule has 0 bridgehead atoms. The molecule has 0 aliphatic heterocycles. The summed E-state index contributed by atoms with van der Waals surface area (Å²) in [4.78, 5) is 12.1. The number of hydrogen-bond acceptors (Lipinski definition) is 4. The molecule has 3 aromatic heterocycles. The van der Waals surface area contributed by atoms with Gasteiger partial charge in [-0.1, -0.05) is 12.1 Å². The van der Waals surface area contributed by atoms with E-state index in [-0.39, 0.29) is 5.57 Å². The molecule has 3 heterocycles. The van der Waals surface area contributed by atoms with Gasteiger partial charge in [0, 0.05) is 29.1 Å². The van der Waals surface area contributed by atoms with Crippen LogP contribution in [0.25, 0.3) is 22.5 Å². The minimum Gasteiger partial charge on any atom is -0.254 e. The minimum atomic E-state index is -1.67. The smallest absolute Gasteiger partial charge is 0.198 e. The lowest BCUT2D eigenvalue weighted by Crippen LogP contribution is -2.02. The fourth-order valence-electron chi connectivity index (χ4n) is 2.85. The van der Waals surface area contributed by atoms with Gasteiger partial charge in [-0.3, -0.25) is 9.97 Å². The predicted octanol–water partition coefficient (Wildman–Crippen LogP) is 3.75. The van der Waals surface area contributed by atoms with E-state index in [1.165, 1.54) is 0 Å². The van der Waals surface area contributed by atoms with Crippen molar-refractivity contribution in [3.05, 3.63) is 77.1 Å². The zero-order valence-corrected chi connectivity index (χ0v) is 12.5. The van der Waals surface area contributed by atoms with E-state index in [9.17, 15) is 18.4 Å². The van der Waals surface area contributed by atoms with Crippen LogP contribution in [0.1, 0.15) is 16.8 Å². The Morgan fingerprint density at radius 3 is 2.04 bits per heavy atom. The summed E-state index contributed by atoms with van der Waals surface area (Å²) in [7, 11) is 0. The zero-order chi connectivity index (χ0) is 17.6. The first kappa shape index (κ1) is 15.0. The highest BCUT2D eigenvalue weighted by atomic mass is 19.2. The standard InChI is InChI=1S/C18H7F3N4/c19-12-8-25-16(15(21)14(12)20)11(7-22)13-9-3-1-5-23-17(9)18-10(13)4-2-6-24-18/h1-6,8H. The summed E-state index contributed by atoms with van der Waals surface area (Å²) in [6.45, 7) is 0. The molecule has 1 aliphatic carbocycles. The van der Waals surface area contributed by atoms with Gasteiger partial charge in [0.2, 0.25) is 0 Å². The summed E-state index contributed by atoms with van der Waals surface area (Å²) < 4.78 is 41.0. The Labute approximate surface area is 139 Å². The van der Waals surface area contributed by atoms with Crippen LogP contribution in [0.3, 0.4) is 0 Å². The minimum absolute atomic E-state index is 0.211. The highest BCUT2D eigenvalue weighted by molar-refractivity contribution is 6.11. The molecule has 0 atom stereocenters. The van der Waals surface area contributed by atoms with Crippen LogP contribution in [0.4, 0.5) is 13.2 Å². The fourth-order valence-corrected chi connectivity index (χ4v) is 2.85. The molecular weight excluding hydrogens is 329 g/mol. The second-order valence-corrected chi connectivity index (χ2v) is 5.24. The van der Waals surface area contributed by atoms with Gasteiger partial charge in [-0.2, -0.15) is 5.26 Å². The van der Waals surface area contributed by atoms with Crippen LogP contribution in [-0.2, 0) is 0 Å². The maximum Gasteiger partial charge on any atom is 0.198 e. The van der Waals surface area contributed by atoms with Gasteiger partial charge in [0.1, 0.15) is 11.8 Å². The SMILES string of the molecule is N#CC(=C1c2cccnc2-c2ncccc21)c1ncc(F)c(F)c1F. The van der Waals surface area contributed by atoms with E-state index < -0.39 is 23.1 Å². The highest BCUT2D eigenvalue weighted by Gasteiger charge is 2.30. The van der Waals surface area contributed by atoms with Crippen LogP contribution in [0.15, 0.2) is 42.9 Å². The van der Waals surface area contributed by atoms with Crippen LogP contribution in [0, 0.1) is 28.8 Å². The highest BCUT2D eigenvalue weighted by Crippen LogP contribution is 2.45. The van der Waals surface area contributed by atoms with Crippen molar-refractivity contribution in [1.29, 1.82) is 5.26 Å². The van der Waals surface area contributed by atoms with E-state index in [2.05, 4.69) is 15.0 Å². The third-order valence-electron chi connectivity index (χ3n) is 3.89. The first-order valence-electron chi connectivity index (χ1n) is 7.19. The summed E-state index contributed by atoms with van der Waals surface area (Å²) >= 11 is 0. The van der Waals surface area contributed by atoms with E-state index in [4.69, 9.17) is 0 Å². The van der Waals surface area contributed by atoms with Crippen LogP contribution in [0.5, 0.6) is 0 Å².